The Balaban J connectivity index is 1.67. The SMILES string of the molecule is N#Cc1ccc(C(=O)NCc2cc(-c3ccc(F)cc3F)on2)cc1. The summed E-state index contributed by atoms with van der Waals surface area (Å²) >= 11 is 0. The van der Waals surface area contributed by atoms with Crippen LogP contribution in [0.25, 0.3) is 11.3 Å². The summed E-state index contributed by atoms with van der Waals surface area (Å²) in [6.07, 6.45) is 0. The molecule has 0 aliphatic heterocycles. The van der Waals surface area contributed by atoms with E-state index in [1.54, 1.807) is 12.1 Å². The minimum Gasteiger partial charge on any atom is -0.356 e. The predicted molar refractivity (Wildman–Crippen MR) is 84.2 cm³/mol. The molecular formula is C18H11F2N3O2. The summed E-state index contributed by atoms with van der Waals surface area (Å²) < 4.78 is 31.7. The van der Waals surface area contributed by atoms with Gasteiger partial charge in [0.05, 0.1) is 23.7 Å². The Kier molecular flexibility index (Phi) is 4.53. The van der Waals surface area contributed by atoms with Crippen LogP contribution < -0.4 is 5.32 Å². The first-order valence-corrected chi connectivity index (χ1v) is 7.26. The third-order valence-corrected chi connectivity index (χ3v) is 3.46. The minimum atomic E-state index is -0.760. The highest BCUT2D eigenvalue weighted by Gasteiger charge is 2.13. The van der Waals surface area contributed by atoms with Crippen LogP contribution in [0.5, 0.6) is 0 Å². The molecule has 0 atom stereocenters. The Morgan fingerprint density at radius 3 is 2.60 bits per heavy atom. The van der Waals surface area contributed by atoms with Crippen molar-refractivity contribution in [1.82, 2.24) is 10.5 Å². The molecule has 0 saturated carbocycles. The molecule has 5 nitrogen and oxygen atoms in total. The lowest BCUT2D eigenvalue weighted by Crippen LogP contribution is -2.22. The van der Waals surface area contributed by atoms with Gasteiger partial charge in [0.25, 0.3) is 5.91 Å². The number of hydrogen-bond donors (Lipinski definition) is 1. The Hall–Kier alpha value is -3.53. The van der Waals surface area contributed by atoms with E-state index in [2.05, 4.69) is 10.5 Å². The molecule has 2 aromatic carbocycles. The standard InChI is InChI=1S/C18H11F2N3O2/c19-13-5-6-15(16(20)7-13)17-8-14(23-25-17)10-22-18(24)12-3-1-11(9-21)2-4-12/h1-8H,10H2,(H,22,24). The summed E-state index contributed by atoms with van der Waals surface area (Å²) in [5.41, 5.74) is 1.32. The molecule has 0 bridgehead atoms. The zero-order valence-corrected chi connectivity index (χ0v) is 12.8. The normalized spacial score (nSPS) is 10.3. The van der Waals surface area contributed by atoms with Crippen molar-refractivity contribution in [1.29, 1.82) is 5.26 Å². The number of rotatable bonds is 4. The van der Waals surface area contributed by atoms with E-state index in [0.29, 0.717) is 16.8 Å². The third-order valence-electron chi connectivity index (χ3n) is 3.46. The van der Waals surface area contributed by atoms with E-state index in [0.717, 1.165) is 12.1 Å². The number of carbonyl (C=O) groups is 1. The molecule has 0 fully saturated rings. The second-order valence-electron chi connectivity index (χ2n) is 5.18. The van der Waals surface area contributed by atoms with Gasteiger partial charge in [-0.2, -0.15) is 5.26 Å². The van der Waals surface area contributed by atoms with E-state index in [9.17, 15) is 13.6 Å². The predicted octanol–water partition coefficient (Wildman–Crippen LogP) is 3.42. The number of hydrogen-bond acceptors (Lipinski definition) is 4. The molecule has 124 valence electrons. The number of nitrogens with one attached hydrogen (secondary N) is 1. The summed E-state index contributed by atoms with van der Waals surface area (Å²) in [6.45, 7) is 0.0746. The number of amides is 1. The molecule has 1 aromatic heterocycles. The van der Waals surface area contributed by atoms with Crippen LogP contribution in [0, 0.1) is 23.0 Å². The van der Waals surface area contributed by atoms with Gasteiger partial charge in [-0.3, -0.25) is 4.79 Å². The van der Waals surface area contributed by atoms with Crippen LogP contribution in [0.2, 0.25) is 0 Å². The lowest BCUT2D eigenvalue weighted by Gasteiger charge is -2.02. The Labute approximate surface area is 141 Å². The average molecular weight is 339 g/mol. The average Bonchev–Trinajstić information content (AvgIpc) is 3.08. The highest BCUT2D eigenvalue weighted by molar-refractivity contribution is 5.94. The second kappa shape index (κ2) is 6.93. The second-order valence-corrected chi connectivity index (χ2v) is 5.18. The van der Waals surface area contributed by atoms with Gasteiger partial charge in [0.1, 0.15) is 17.3 Å². The first-order chi connectivity index (χ1) is 12.1. The molecule has 3 rings (SSSR count). The largest absolute Gasteiger partial charge is 0.356 e. The summed E-state index contributed by atoms with van der Waals surface area (Å²) in [5, 5.41) is 15.1. The molecule has 0 radical (unpaired) electrons. The van der Waals surface area contributed by atoms with Crippen molar-refractivity contribution < 1.29 is 18.1 Å². The number of benzene rings is 2. The molecule has 1 amide bonds. The molecule has 1 heterocycles. The lowest BCUT2D eigenvalue weighted by molar-refractivity contribution is 0.0950. The number of halogens is 2. The zero-order chi connectivity index (χ0) is 17.8. The molecule has 0 aliphatic carbocycles. The first-order valence-electron chi connectivity index (χ1n) is 7.26. The van der Waals surface area contributed by atoms with Crippen molar-refractivity contribution in [2.45, 2.75) is 6.54 Å². The molecule has 25 heavy (non-hydrogen) atoms. The van der Waals surface area contributed by atoms with Crippen LogP contribution in [0.4, 0.5) is 8.78 Å². The molecule has 0 aliphatic rings. The fourth-order valence-corrected chi connectivity index (χ4v) is 2.18. The van der Waals surface area contributed by atoms with Gasteiger partial charge in [0.15, 0.2) is 5.76 Å². The first kappa shape index (κ1) is 16.3. The lowest BCUT2D eigenvalue weighted by atomic mass is 10.1. The van der Waals surface area contributed by atoms with Gasteiger partial charge in [0.2, 0.25) is 0 Å². The molecule has 0 spiro atoms. The van der Waals surface area contributed by atoms with Crippen LogP contribution in [0.15, 0.2) is 53.1 Å². The molecule has 7 heteroatoms. The van der Waals surface area contributed by atoms with Gasteiger partial charge in [-0.05, 0) is 36.4 Å². The van der Waals surface area contributed by atoms with Crippen molar-refractivity contribution in [2.24, 2.45) is 0 Å². The maximum atomic E-state index is 13.7. The summed E-state index contributed by atoms with van der Waals surface area (Å²) in [5.74, 6) is -1.65. The minimum absolute atomic E-state index is 0.0746. The smallest absolute Gasteiger partial charge is 0.251 e. The number of nitrogens with zero attached hydrogens (tertiary/aromatic N) is 2. The molecule has 0 saturated heterocycles. The molecular weight excluding hydrogens is 328 g/mol. The van der Waals surface area contributed by atoms with E-state index < -0.39 is 11.6 Å². The summed E-state index contributed by atoms with van der Waals surface area (Å²) in [7, 11) is 0. The fraction of sp³-hybridized carbons (Fsp3) is 0.0556. The van der Waals surface area contributed by atoms with Crippen LogP contribution in [0.1, 0.15) is 21.6 Å². The van der Waals surface area contributed by atoms with Crippen molar-refractivity contribution >= 4 is 5.91 Å². The molecule has 3 aromatic rings. The van der Waals surface area contributed by atoms with Crippen LogP contribution in [-0.4, -0.2) is 11.1 Å². The highest BCUT2D eigenvalue weighted by Crippen LogP contribution is 2.24. The van der Waals surface area contributed by atoms with E-state index in [1.165, 1.54) is 24.3 Å². The van der Waals surface area contributed by atoms with Crippen molar-refractivity contribution in [3.8, 4) is 17.4 Å². The number of nitriles is 1. The van der Waals surface area contributed by atoms with Gasteiger partial charge >= 0.3 is 0 Å². The van der Waals surface area contributed by atoms with Crippen molar-refractivity contribution in [2.75, 3.05) is 0 Å². The van der Waals surface area contributed by atoms with Crippen molar-refractivity contribution in [3.05, 3.63) is 77.0 Å². The maximum absolute atomic E-state index is 13.7. The van der Waals surface area contributed by atoms with E-state index in [4.69, 9.17) is 9.78 Å². The van der Waals surface area contributed by atoms with Gasteiger partial charge in [-0.15, -0.1) is 0 Å². The number of carbonyl (C=O) groups excluding carboxylic acids is 1. The topological polar surface area (TPSA) is 78.9 Å². The number of aromatic nitrogens is 1. The quantitative estimate of drug-likeness (QED) is 0.790. The Bertz CT molecular complexity index is 959. The van der Waals surface area contributed by atoms with Crippen molar-refractivity contribution in [3.63, 3.8) is 0 Å². The van der Waals surface area contributed by atoms with E-state index in [1.807, 2.05) is 6.07 Å². The van der Waals surface area contributed by atoms with E-state index in [-0.39, 0.29) is 23.8 Å². The molecule has 1 N–H and O–H groups in total. The van der Waals surface area contributed by atoms with Crippen LogP contribution in [0.3, 0.4) is 0 Å². The summed E-state index contributed by atoms with van der Waals surface area (Å²) in [4.78, 5) is 12.0. The van der Waals surface area contributed by atoms with Crippen LogP contribution >= 0.6 is 0 Å². The highest BCUT2D eigenvalue weighted by atomic mass is 19.1. The van der Waals surface area contributed by atoms with Gasteiger partial charge < -0.3 is 9.84 Å². The van der Waals surface area contributed by atoms with Gasteiger partial charge in [0, 0.05) is 17.7 Å². The fourth-order valence-electron chi connectivity index (χ4n) is 2.18. The third kappa shape index (κ3) is 3.70. The Morgan fingerprint density at radius 1 is 1.16 bits per heavy atom. The zero-order valence-electron chi connectivity index (χ0n) is 12.8. The van der Waals surface area contributed by atoms with Gasteiger partial charge in [-0.25, -0.2) is 8.78 Å². The Morgan fingerprint density at radius 2 is 1.92 bits per heavy atom. The van der Waals surface area contributed by atoms with Gasteiger partial charge in [-0.1, -0.05) is 5.16 Å². The summed E-state index contributed by atoms with van der Waals surface area (Å²) in [6, 6.07) is 12.7. The maximum Gasteiger partial charge on any atom is 0.251 e. The van der Waals surface area contributed by atoms with E-state index >= 15 is 0 Å². The molecule has 0 unspecified atom stereocenters. The van der Waals surface area contributed by atoms with Crippen LogP contribution in [-0.2, 0) is 6.54 Å². The monoisotopic (exact) mass is 339 g/mol.